The first-order valence-electron chi connectivity index (χ1n) is 10.1. The maximum atomic E-state index is 11.8. The lowest BCUT2D eigenvalue weighted by atomic mass is 10.1. The Morgan fingerprint density at radius 3 is 2.47 bits per heavy atom. The maximum absolute atomic E-state index is 11.8. The Kier molecular flexibility index (Phi) is 7.83. The third-order valence-corrected chi connectivity index (χ3v) is 4.75. The number of anilines is 1. The first kappa shape index (κ1) is 21.4. The molecule has 1 heterocycles. The van der Waals surface area contributed by atoms with E-state index in [1.807, 2.05) is 30.3 Å². The van der Waals surface area contributed by atoms with E-state index in [-0.39, 0.29) is 25.0 Å². The molecule has 0 bridgehead atoms. The number of hydrogen-bond acceptors (Lipinski definition) is 5. The van der Waals surface area contributed by atoms with Crippen LogP contribution in [-0.2, 0) is 25.5 Å². The molecule has 0 saturated carbocycles. The molecule has 0 aliphatic carbocycles. The zero-order valence-corrected chi connectivity index (χ0v) is 16.8. The molecule has 2 aromatic rings. The smallest absolute Gasteiger partial charge is 0.344 e. The number of esters is 1. The quantitative estimate of drug-likeness (QED) is 0.481. The fraction of sp³-hybridized carbons (Fsp3) is 0.348. The third-order valence-electron chi connectivity index (χ3n) is 4.75. The number of rotatable bonds is 10. The highest BCUT2D eigenvalue weighted by Gasteiger charge is 2.21. The molecule has 1 aliphatic rings. The zero-order valence-electron chi connectivity index (χ0n) is 16.8. The summed E-state index contributed by atoms with van der Waals surface area (Å²) in [6, 6.07) is 17.0. The van der Waals surface area contributed by atoms with E-state index >= 15 is 0 Å². The molecule has 2 amide bonds. The number of hydrogen-bond donors (Lipinski definition) is 1. The Hall–Kier alpha value is -3.35. The lowest BCUT2D eigenvalue weighted by molar-refractivity contribution is -0.150. The summed E-state index contributed by atoms with van der Waals surface area (Å²) in [6.07, 6.45) is 3.12. The summed E-state index contributed by atoms with van der Waals surface area (Å²) >= 11 is 0. The number of carbonyl (C=O) groups is 3. The Morgan fingerprint density at radius 2 is 1.77 bits per heavy atom. The average Bonchev–Trinajstić information content (AvgIpc) is 3.21. The van der Waals surface area contributed by atoms with Crippen LogP contribution in [0, 0.1) is 0 Å². The van der Waals surface area contributed by atoms with E-state index in [2.05, 4.69) is 5.32 Å². The van der Waals surface area contributed by atoms with Gasteiger partial charge in [-0.3, -0.25) is 9.59 Å². The number of carbonyl (C=O) groups excluding carboxylic acids is 3. The molecular formula is C23H26N2O5. The summed E-state index contributed by atoms with van der Waals surface area (Å²) in [5.41, 5.74) is 2.03. The molecule has 0 unspecified atom stereocenters. The van der Waals surface area contributed by atoms with E-state index in [1.165, 1.54) is 5.56 Å². The standard InChI is InChI=1S/C23H26N2O5/c26-21(24-14-4-8-18-6-2-1-3-7-18)16-30-23(28)17-29-20-12-10-19(11-13-20)25-15-5-9-22(25)27/h1-3,6-7,10-13H,4-5,8-9,14-17H2,(H,24,26). The van der Waals surface area contributed by atoms with Gasteiger partial charge in [0.05, 0.1) is 0 Å². The van der Waals surface area contributed by atoms with E-state index in [0.29, 0.717) is 18.7 Å². The van der Waals surface area contributed by atoms with Crippen molar-refractivity contribution in [1.29, 1.82) is 0 Å². The summed E-state index contributed by atoms with van der Waals surface area (Å²) in [5.74, 6) is -0.345. The Morgan fingerprint density at radius 1 is 1.00 bits per heavy atom. The molecular weight excluding hydrogens is 384 g/mol. The van der Waals surface area contributed by atoms with E-state index in [4.69, 9.17) is 9.47 Å². The van der Waals surface area contributed by atoms with Crippen LogP contribution in [0.4, 0.5) is 5.69 Å². The van der Waals surface area contributed by atoms with Crippen molar-refractivity contribution < 1.29 is 23.9 Å². The first-order chi connectivity index (χ1) is 14.6. The van der Waals surface area contributed by atoms with E-state index in [1.54, 1.807) is 29.2 Å². The largest absolute Gasteiger partial charge is 0.482 e. The molecule has 0 atom stereocenters. The van der Waals surface area contributed by atoms with Crippen LogP contribution in [0.1, 0.15) is 24.8 Å². The van der Waals surface area contributed by atoms with Gasteiger partial charge in [-0.2, -0.15) is 0 Å². The average molecular weight is 410 g/mol. The van der Waals surface area contributed by atoms with Gasteiger partial charge in [0.1, 0.15) is 5.75 Å². The monoisotopic (exact) mass is 410 g/mol. The molecule has 1 aliphatic heterocycles. The van der Waals surface area contributed by atoms with Gasteiger partial charge in [0.25, 0.3) is 5.91 Å². The Labute approximate surface area is 176 Å². The minimum absolute atomic E-state index is 0.116. The van der Waals surface area contributed by atoms with Crippen molar-refractivity contribution in [3.63, 3.8) is 0 Å². The van der Waals surface area contributed by atoms with E-state index in [0.717, 1.165) is 31.5 Å². The molecule has 2 aromatic carbocycles. The van der Waals surface area contributed by atoms with Crippen LogP contribution in [0.5, 0.6) is 5.75 Å². The number of amides is 2. The van der Waals surface area contributed by atoms with Crippen molar-refractivity contribution in [1.82, 2.24) is 5.32 Å². The van der Waals surface area contributed by atoms with Gasteiger partial charge in [-0.15, -0.1) is 0 Å². The van der Waals surface area contributed by atoms with Crippen molar-refractivity contribution in [2.45, 2.75) is 25.7 Å². The number of aryl methyl sites for hydroxylation is 1. The van der Waals surface area contributed by atoms with Gasteiger partial charge >= 0.3 is 5.97 Å². The molecule has 158 valence electrons. The second-order valence-corrected chi connectivity index (χ2v) is 7.03. The molecule has 7 nitrogen and oxygen atoms in total. The van der Waals surface area contributed by atoms with Gasteiger partial charge < -0.3 is 19.7 Å². The van der Waals surface area contributed by atoms with Gasteiger partial charge in [-0.25, -0.2) is 4.79 Å². The summed E-state index contributed by atoms with van der Waals surface area (Å²) < 4.78 is 10.3. The van der Waals surface area contributed by atoms with Crippen LogP contribution < -0.4 is 15.0 Å². The summed E-state index contributed by atoms with van der Waals surface area (Å²) in [6.45, 7) is 0.625. The predicted molar refractivity (Wildman–Crippen MR) is 112 cm³/mol. The molecule has 1 N–H and O–H groups in total. The van der Waals surface area contributed by atoms with Crippen LogP contribution in [0.25, 0.3) is 0 Å². The fourth-order valence-corrected chi connectivity index (χ4v) is 3.19. The summed E-state index contributed by atoms with van der Waals surface area (Å²) in [7, 11) is 0. The predicted octanol–water partition coefficient (Wildman–Crippen LogP) is 2.48. The molecule has 30 heavy (non-hydrogen) atoms. The maximum Gasteiger partial charge on any atom is 0.344 e. The highest BCUT2D eigenvalue weighted by molar-refractivity contribution is 5.95. The van der Waals surface area contributed by atoms with E-state index < -0.39 is 5.97 Å². The lowest BCUT2D eigenvalue weighted by Gasteiger charge is -2.16. The molecule has 1 fully saturated rings. The Balaban J connectivity index is 1.29. The zero-order chi connectivity index (χ0) is 21.2. The summed E-state index contributed by atoms with van der Waals surface area (Å²) in [4.78, 5) is 37.0. The van der Waals surface area contributed by atoms with Crippen molar-refractivity contribution in [3.8, 4) is 5.75 Å². The van der Waals surface area contributed by atoms with Crippen LogP contribution in [-0.4, -0.2) is 44.1 Å². The van der Waals surface area contributed by atoms with Crippen LogP contribution in [0.15, 0.2) is 54.6 Å². The molecule has 3 rings (SSSR count). The minimum Gasteiger partial charge on any atom is -0.482 e. The highest BCUT2D eigenvalue weighted by Crippen LogP contribution is 2.23. The molecule has 0 radical (unpaired) electrons. The van der Waals surface area contributed by atoms with Gasteiger partial charge in [0, 0.05) is 25.2 Å². The van der Waals surface area contributed by atoms with Crippen LogP contribution >= 0.6 is 0 Å². The molecule has 0 spiro atoms. The number of ether oxygens (including phenoxy) is 2. The molecule has 0 aromatic heterocycles. The Bertz CT molecular complexity index is 852. The van der Waals surface area contributed by atoms with Crippen molar-refractivity contribution >= 4 is 23.5 Å². The van der Waals surface area contributed by atoms with Crippen molar-refractivity contribution in [2.75, 3.05) is 31.2 Å². The van der Waals surface area contributed by atoms with Gasteiger partial charge in [-0.1, -0.05) is 30.3 Å². The number of nitrogens with one attached hydrogen (secondary N) is 1. The van der Waals surface area contributed by atoms with Gasteiger partial charge in [0.2, 0.25) is 5.91 Å². The number of benzene rings is 2. The summed E-state index contributed by atoms with van der Waals surface area (Å²) in [5, 5.41) is 2.73. The number of nitrogens with zero attached hydrogens (tertiary/aromatic N) is 1. The van der Waals surface area contributed by atoms with Gasteiger partial charge in [-0.05, 0) is 49.1 Å². The third kappa shape index (κ3) is 6.62. The van der Waals surface area contributed by atoms with Crippen molar-refractivity contribution in [2.24, 2.45) is 0 Å². The van der Waals surface area contributed by atoms with E-state index in [9.17, 15) is 14.4 Å². The van der Waals surface area contributed by atoms with Gasteiger partial charge in [0.15, 0.2) is 13.2 Å². The highest BCUT2D eigenvalue weighted by atomic mass is 16.6. The molecule has 7 heteroatoms. The van der Waals surface area contributed by atoms with Crippen LogP contribution in [0.3, 0.4) is 0 Å². The topological polar surface area (TPSA) is 84.9 Å². The minimum atomic E-state index is -0.617. The lowest BCUT2D eigenvalue weighted by Crippen LogP contribution is -2.30. The fourth-order valence-electron chi connectivity index (χ4n) is 3.19. The first-order valence-corrected chi connectivity index (χ1v) is 10.1. The van der Waals surface area contributed by atoms with Crippen LogP contribution in [0.2, 0.25) is 0 Å². The van der Waals surface area contributed by atoms with Crippen molar-refractivity contribution in [3.05, 3.63) is 60.2 Å². The second kappa shape index (κ2) is 11.0. The molecule has 1 saturated heterocycles. The normalized spacial score (nSPS) is 13.2. The second-order valence-electron chi connectivity index (χ2n) is 7.03. The SMILES string of the molecule is O=C(COC(=O)COc1ccc(N2CCCC2=O)cc1)NCCCc1ccccc1.